The predicted octanol–water partition coefficient (Wildman–Crippen LogP) is 2.89. The Morgan fingerprint density at radius 3 is 2.60 bits per heavy atom. The minimum atomic E-state index is -0.328. The first-order valence-corrected chi connectivity index (χ1v) is 9.18. The van der Waals surface area contributed by atoms with E-state index >= 15 is 0 Å². The normalized spacial score (nSPS) is 10.5. The standard InChI is InChI=1S/C21H19N7O2/c22-19-18-17(9-10-28(18)25-13-24-19)20(29)26-16-8-4-5-14(11-16)12-23-21(30)27-15-6-2-1-3-7-15/h1-11,13H,12H2,(H,26,29)(H2,22,24,25)(H2,23,27,30). The summed E-state index contributed by atoms with van der Waals surface area (Å²) < 4.78 is 1.50. The number of carbonyl (C=O) groups excluding carboxylic acids is 2. The van der Waals surface area contributed by atoms with Gasteiger partial charge >= 0.3 is 6.03 Å². The number of nitrogens with zero attached hydrogens (tertiary/aromatic N) is 3. The number of urea groups is 1. The lowest BCUT2D eigenvalue weighted by Crippen LogP contribution is -2.28. The summed E-state index contributed by atoms with van der Waals surface area (Å²) in [6.07, 6.45) is 2.97. The van der Waals surface area contributed by atoms with Gasteiger partial charge in [0.05, 0.1) is 5.56 Å². The van der Waals surface area contributed by atoms with Crippen LogP contribution in [-0.4, -0.2) is 26.5 Å². The zero-order chi connectivity index (χ0) is 20.9. The Balaban J connectivity index is 1.40. The number of fused-ring (bicyclic) bond motifs is 1. The molecule has 4 rings (SSSR count). The Morgan fingerprint density at radius 1 is 0.967 bits per heavy atom. The monoisotopic (exact) mass is 401 g/mol. The van der Waals surface area contributed by atoms with Crippen molar-refractivity contribution in [1.82, 2.24) is 19.9 Å². The molecule has 0 fully saturated rings. The van der Waals surface area contributed by atoms with E-state index in [1.807, 2.05) is 24.3 Å². The van der Waals surface area contributed by atoms with Gasteiger partial charge < -0.3 is 21.7 Å². The van der Waals surface area contributed by atoms with Gasteiger partial charge in [-0.15, -0.1) is 0 Å². The number of rotatable bonds is 5. The van der Waals surface area contributed by atoms with Gasteiger partial charge in [0.25, 0.3) is 5.91 Å². The van der Waals surface area contributed by atoms with Gasteiger partial charge in [-0.05, 0) is 35.9 Å². The van der Waals surface area contributed by atoms with Crippen LogP contribution in [0.5, 0.6) is 0 Å². The van der Waals surface area contributed by atoms with Gasteiger partial charge in [0, 0.05) is 24.1 Å². The molecule has 9 heteroatoms. The van der Waals surface area contributed by atoms with Crippen LogP contribution in [0.4, 0.5) is 22.0 Å². The lowest BCUT2D eigenvalue weighted by molar-refractivity contribution is 0.102. The Kier molecular flexibility index (Phi) is 5.25. The first-order chi connectivity index (χ1) is 14.6. The maximum absolute atomic E-state index is 12.7. The first-order valence-electron chi connectivity index (χ1n) is 9.18. The van der Waals surface area contributed by atoms with Crippen molar-refractivity contribution >= 4 is 34.6 Å². The van der Waals surface area contributed by atoms with Gasteiger partial charge in [-0.25, -0.2) is 14.3 Å². The fourth-order valence-electron chi connectivity index (χ4n) is 3.00. The number of aromatic nitrogens is 3. The molecule has 0 aliphatic heterocycles. The van der Waals surface area contributed by atoms with E-state index in [1.54, 1.807) is 42.6 Å². The van der Waals surface area contributed by atoms with E-state index < -0.39 is 0 Å². The molecule has 0 unspecified atom stereocenters. The molecule has 0 radical (unpaired) electrons. The largest absolute Gasteiger partial charge is 0.382 e. The van der Waals surface area contributed by atoms with E-state index in [0.717, 1.165) is 5.56 Å². The van der Waals surface area contributed by atoms with E-state index in [4.69, 9.17) is 5.73 Å². The van der Waals surface area contributed by atoms with Gasteiger partial charge in [0.2, 0.25) is 0 Å². The topological polar surface area (TPSA) is 126 Å². The molecule has 0 saturated heterocycles. The van der Waals surface area contributed by atoms with Gasteiger partial charge in [-0.1, -0.05) is 30.3 Å². The molecule has 0 aliphatic carbocycles. The molecule has 2 heterocycles. The summed E-state index contributed by atoms with van der Waals surface area (Å²) in [5, 5.41) is 12.4. The number of carbonyl (C=O) groups is 2. The van der Waals surface area contributed by atoms with Crippen LogP contribution >= 0.6 is 0 Å². The van der Waals surface area contributed by atoms with Gasteiger partial charge in [-0.3, -0.25) is 4.79 Å². The van der Waals surface area contributed by atoms with Crippen molar-refractivity contribution in [3.05, 3.63) is 84.3 Å². The van der Waals surface area contributed by atoms with Crippen molar-refractivity contribution in [2.45, 2.75) is 6.54 Å². The summed E-state index contributed by atoms with van der Waals surface area (Å²) in [6.45, 7) is 0.304. The summed E-state index contributed by atoms with van der Waals surface area (Å²) in [4.78, 5) is 28.7. The van der Waals surface area contributed by atoms with E-state index in [1.165, 1.54) is 10.8 Å². The number of hydrogen-bond acceptors (Lipinski definition) is 5. The predicted molar refractivity (Wildman–Crippen MR) is 114 cm³/mol. The molecule has 30 heavy (non-hydrogen) atoms. The van der Waals surface area contributed by atoms with E-state index in [9.17, 15) is 9.59 Å². The molecule has 0 spiro atoms. The summed E-state index contributed by atoms with van der Waals surface area (Å²) in [7, 11) is 0. The molecule has 0 atom stereocenters. The van der Waals surface area contributed by atoms with Crippen molar-refractivity contribution in [2.24, 2.45) is 0 Å². The molecule has 3 amide bonds. The van der Waals surface area contributed by atoms with Crippen LogP contribution in [0.3, 0.4) is 0 Å². The highest BCUT2D eigenvalue weighted by Gasteiger charge is 2.15. The molecule has 2 aromatic heterocycles. The van der Waals surface area contributed by atoms with Crippen LogP contribution in [-0.2, 0) is 6.54 Å². The van der Waals surface area contributed by atoms with Crippen LogP contribution in [0.15, 0.2) is 73.2 Å². The van der Waals surface area contributed by atoms with Gasteiger partial charge in [0.1, 0.15) is 11.8 Å². The van der Waals surface area contributed by atoms with Crippen LogP contribution in [0.1, 0.15) is 15.9 Å². The Hall–Kier alpha value is -4.40. The number of anilines is 3. The van der Waals surface area contributed by atoms with Crippen molar-refractivity contribution in [1.29, 1.82) is 0 Å². The third kappa shape index (κ3) is 4.20. The second kappa shape index (κ2) is 8.31. The average molecular weight is 401 g/mol. The maximum Gasteiger partial charge on any atom is 0.319 e. The summed E-state index contributed by atoms with van der Waals surface area (Å²) in [5.41, 5.74) is 8.84. The maximum atomic E-state index is 12.7. The number of benzene rings is 2. The molecule has 0 bridgehead atoms. The van der Waals surface area contributed by atoms with Crippen molar-refractivity contribution in [2.75, 3.05) is 16.4 Å². The molecule has 9 nitrogen and oxygen atoms in total. The summed E-state index contributed by atoms with van der Waals surface area (Å²) >= 11 is 0. The Labute approximate surface area is 171 Å². The second-order valence-electron chi connectivity index (χ2n) is 6.50. The molecule has 4 aromatic rings. The van der Waals surface area contributed by atoms with E-state index in [0.29, 0.717) is 29.0 Å². The molecule has 0 aliphatic rings. The number of nitrogen functional groups attached to an aromatic ring is 1. The minimum absolute atomic E-state index is 0.225. The van der Waals surface area contributed by atoms with E-state index in [2.05, 4.69) is 26.0 Å². The number of hydrogen-bond donors (Lipinski definition) is 4. The SMILES string of the molecule is Nc1ncnn2ccc(C(=O)Nc3cccc(CNC(=O)Nc4ccccc4)c3)c12. The van der Waals surface area contributed by atoms with Crippen LogP contribution < -0.4 is 21.7 Å². The van der Waals surface area contributed by atoms with Gasteiger partial charge in [-0.2, -0.15) is 5.10 Å². The van der Waals surface area contributed by atoms with Crippen molar-refractivity contribution in [3.8, 4) is 0 Å². The lowest BCUT2D eigenvalue weighted by atomic mass is 10.2. The third-order valence-electron chi connectivity index (χ3n) is 4.40. The molecular formula is C21H19N7O2. The van der Waals surface area contributed by atoms with Crippen LogP contribution in [0, 0.1) is 0 Å². The third-order valence-corrected chi connectivity index (χ3v) is 4.40. The number of nitrogens with two attached hydrogens (primary N) is 1. The molecule has 2 aromatic carbocycles. The van der Waals surface area contributed by atoms with Crippen molar-refractivity contribution < 1.29 is 9.59 Å². The molecule has 5 N–H and O–H groups in total. The zero-order valence-corrected chi connectivity index (χ0v) is 15.9. The first kappa shape index (κ1) is 18.9. The van der Waals surface area contributed by atoms with Crippen molar-refractivity contribution in [3.63, 3.8) is 0 Å². The molecule has 150 valence electrons. The number of nitrogens with one attached hydrogen (secondary N) is 3. The highest BCUT2D eigenvalue weighted by molar-refractivity contribution is 6.10. The average Bonchev–Trinajstić information content (AvgIpc) is 3.19. The molecular weight excluding hydrogens is 382 g/mol. The summed E-state index contributed by atoms with van der Waals surface area (Å²) in [5.74, 6) is -0.103. The Bertz CT molecular complexity index is 1200. The van der Waals surface area contributed by atoms with Crippen LogP contribution in [0.2, 0.25) is 0 Å². The fraction of sp³-hybridized carbons (Fsp3) is 0.0476. The van der Waals surface area contributed by atoms with Crippen LogP contribution in [0.25, 0.3) is 5.52 Å². The minimum Gasteiger partial charge on any atom is -0.382 e. The zero-order valence-electron chi connectivity index (χ0n) is 15.9. The number of para-hydroxylation sites is 1. The number of amides is 3. The van der Waals surface area contributed by atoms with Gasteiger partial charge in [0.15, 0.2) is 5.82 Å². The van der Waals surface area contributed by atoms with E-state index in [-0.39, 0.29) is 17.8 Å². The Morgan fingerprint density at radius 2 is 1.77 bits per heavy atom. The summed E-state index contributed by atoms with van der Waals surface area (Å²) in [6, 6.07) is 17.7. The lowest BCUT2D eigenvalue weighted by Gasteiger charge is -2.10. The molecule has 0 saturated carbocycles. The second-order valence-corrected chi connectivity index (χ2v) is 6.50. The quantitative estimate of drug-likeness (QED) is 0.409. The smallest absolute Gasteiger partial charge is 0.319 e. The highest BCUT2D eigenvalue weighted by Crippen LogP contribution is 2.19. The highest BCUT2D eigenvalue weighted by atomic mass is 16.2. The fourth-order valence-corrected chi connectivity index (χ4v) is 3.00.